The molecule has 1 aliphatic rings. The van der Waals surface area contributed by atoms with Crippen LogP contribution in [-0.2, 0) is 4.79 Å². The number of rotatable bonds is 3. The first-order valence-corrected chi connectivity index (χ1v) is 4.54. The first-order chi connectivity index (χ1) is 6.13. The molecule has 0 radical (unpaired) electrons. The predicted molar refractivity (Wildman–Crippen MR) is 48.6 cm³/mol. The summed E-state index contributed by atoms with van der Waals surface area (Å²) in [5.74, 6) is 4.74. The summed E-state index contributed by atoms with van der Waals surface area (Å²) in [5.41, 5.74) is 2.12. The number of likely N-dealkylation sites (tertiary alicyclic amines) is 1. The van der Waals surface area contributed by atoms with E-state index in [4.69, 9.17) is 5.84 Å². The maximum absolute atomic E-state index is 11.1. The molecular formula is C8H17N3O2. The Hall–Kier alpha value is -0.650. The van der Waals surface area contributed by atoms with Gasteiger partial charge in [-0.3, -0.25) is 15.1 Å². The minimum Gasteiger partial charge on any atom is -0.392 e. The third kappa shape index (κ3) is 2.95. The molecule has 0 saturated carbocycles. The molecule has 4 N–H and O–H groups in total. The number of carbonyl (C=O) groups is 1. The SMILES string of the molecule is CC(CN1CCC(O)C1)C(=O)NN. The van der Waals surface area contributed by atoms with Crippen LogP contribution >= 0.6 is 0 Å². The zero-order chi connectivity index (χ0) is 9.84. The molecule has 2 atom stereocenters. The topological polar surface area (TPSA) is 78.6 Å². The summed E-state index contributed by atoms with van der Waals surface area (Å²) in [7, 11) is 0. The normalized spacial score (nSPS) is 25.9. The van der Waals surface area contributed by atoms with Crippen LogP contribution in [0, 0.1) is 5.92 Å². The van der Waals surface area contributed by atoms with Gasteiger partial charge in [-0.25, -0.2) is 5.84 Å². The second-order valence-electron chi connectivity index (χ2n) is 3.61. The van der Waals surface area contributed by atoms with Crippen LogP contribution in [0.2, 0.25) is 0 Å². The third-order valence-electron chi connectivity index (χ3n) is 2.37. The van der Waals surface area contributed by atoms with Crippen LogP contribution in [0.4, 0.5) is 0 Å². The van der Waals surface area contributed by atoms with E-state index in [1.807, 2.05) is 6.92 Å². The van der Waals surface area contributed by atoms with Crippen molar-refractivity contribution >= 4 is 5.91 Å². The number of aliphatic hydroxyl groups excluding tert-OH is 1. The van der Waals surface area contributed by atoms with Gasteiger partial charge in [0.25, 0.3) is 0 Å². The number of amides is 1. The van der Waals surface area contributed by atoms with Crippen molar-refractivity contribution in [2.24, 2.45) is 11.8 Å². The van der Waals surface area contributed by atoms with Gasteiger partial charge < -0.3 is 5.11 Å². The molecule has 76 valence electrons. The van der Waals surface area contributed by atoms with Gasteiger partial charge >= 0.3 is 0 Å². The van der Waals surface area contributed by atoms with Crippen molar-refractivity contribution in [2.45, 2.75) is 19.4 Å². The van der Waals surface area contributed by atoms with Crippen LogP contribution in [0.5, 0.6) is 0 Å². The van der Waals surface area contributed by atoms with Crippen molar-refractivity contribution < 1.29 is 9.90 Å². The molecular weight excluding hydrogens is 170 g/mol. The summed E-state index contributed by atoms with van der Waals surface area (Å²) in [4.78, 5) is 13.1. The van der Waals surface area contributed by atoms with Crippen molar-refractivity contribution in [1.29, 1.82) is 0 Å². The smallest absolute Gasteiger partial charge is 0.237 e. The molecule has 5 nitrogen and oxygen atoms in total. The molecule has 1 fully saturated rings. The van der Waals surface area contributed by atoms with E-state index in [0.717, 1.165) is 13.0 Å². The highest BCUT2D eigenvalue weighted by molar-refractivity contribution is 5.77. The number of hydrogen-bond donors (Lipinski definition) is 3. The zero-order valence-electron chi connectivity index (χ0n) is 7.86. The van der Waals surface area contributed by atoms with Gasteiger partial charge in [0.1, 0.15) is 0 Å². The number of carbonyl (C=O) groups excluding carboxylic acids is 1. The standard InChI is InChI=1S/C8H17N3O2/c1-6(8(13)10-9)4-11-3-2-7(12)5-11/h6-7,12H,2-5,9H2,1H3,(H,10,13). The summed E-state index contributed by atoms with van der Waals surface area (Å²) in [6.07, 6.45) is 0.574. The lowest BCUT2D eigenvalue weighted by molar-refractivity contribution is -0.125. The largest absolute Gasteiger partial charge is 0.392 e. The van der Waals surface area contributed by atoms with Crippen molar-refractivity contribution in [1.82, 2.24) is 10.3 Å². The molecule has 0 aromatic heterocycles. The van der Waals surface area contributed by atoms with Gasteiger partial charge in [-0.1, -0.05) is 6.92 Å². The summed E-state index contributed by atoms with van der Waals surface area (Å²) in [6, 6.07) is 0. The average Bonchev–Trinajstić information content (AvgIpc) is 2.49. The molecule has 1 saturated heterocycles. The Morgan fingerprint density at radius 3 is 3.00 bits per heavy atom. The quantitative estimate of drug-likeness (QED) is 0.291. The van der Waals surface area contributed by atoms with E-state index in [9.17, 15) is 9.90 Å². The highest BCUT2D eigenvalue weighted by Crippen LogP contribution is 2.10. The minimum atomic E-state index is -0.229. The number of hydrazine groups is 1. The minimum absolute atomic E-state index is 0.115. The van der Waals surface area contributed by atoms with E-state index in [1.165, 1.54) is 0 Å². The summed E-state index contributed by atoms with van der Waals surface area (Å²) in [6.45, 7) is 4.03. The fourth-order valence-corrected chi connectivity index (χ4v) is 1.59. The number of nitrogens with two attached hydrogens (primary N) is 1. The molecule has 0 aromatic rings. The second-order valence-corrected chi connectivity index (χ2v) is 3.61. The molecule has 0 bridgehead atoms. The Morgan fingerprint density at radius 1 is 1.85 bits per heavy atom. The molecule has 0 aromatic carbocycles. The Labute approximate surface area is 77.9 Å². The lowest BCUT2D eigenvalue weighted by Crippen LogP contribution is -2.40. The van der Waals surface area contributed by atoms with Gasteiger partial charge in [0.15, 0.2) is 0 Å². The summed E-state index contributed by atoms with van der Waals surface area (Å²) in [5, 5.41) is 9.24. The second kappa shape index (κ2) is 4.55. The van der Waals surface area contributed by atoms with E-state index in [0.29, 0.717) is 13.1 Å². The van der Waals surface area contributed by atoms with Crippen LogP contribution < -0.4 is 11.3 Å². The third-order valence-corrected chi connectivity index (χ3v) is 2.37. The van der Waals surface area contributed by atoms with E-state index >= 15 is 0 Å². The Bertz CT molecular complexity index is 186. The maximum atomic E-state index is 11.1. The highest BCUT2D eigenvalue weighted by Gasteiger charge is 2.23. The fraction of sp³-hybridized carbons (Fsp3) is 0.875. The van der Waals surface area contributed by atoms with E-state index in [1.54, 1.807) is 0 Å². The van der Waals surface area contributed by atoms with Gasteiger partial charge in [-0.15, -0.1) is 0 Å². The molecule has 5 heteroatoms. The summed E-state index contributed by atoms with van der Waals surface area (Å²) < 4.78 is 0. The molecule has 1 heterocycles. The molecule has 2 unspecified atom stereocenters. The molecule has 1 amide bonds. The molecule has 13 heavy (non-hydrogen) atoms. The van der Waals surface area contributed by atoms with E-state index < -0.39 is 0 Å². The Kier molecular flexibility index (Phi) is 3.65. The summed E-state index contributed by atoms with van der Waals surface area (Å²) >= 11 is 0. The fourth-order valence-electron chi connectivity index (χ4n) is 1.59. The first kappa shape index (κ1) is 10.4. The van der Waals surface area contributed by atoms with Crippen LogP contribution in [0.3, 0.4) is 0 Å². The first-order valence-electron chi connectivity index (χ1n) is 4.54. The highest BCUT2D eigenvalue weighted by atomic mass is 16.3. The van der Waals surface area contributed by atoms with Crippen LogP contribution in [0.1, 0.15) is 13.3 Å². The van der Waals surface area contributed by atoms with Crippen LogP contribution in [-0.4, -0.2) is 41.7 Å². The van der Waals surface area contributed by atoms with Gasteiger partial charge in [0.05, 0.1) is 6.10 Å². The molecule has 1 rings (SSSR count). The van der Waals surface area contributed by atoms with Crippen LogP contribution in [0.15, 0.2) is 0 Å². The number of nitrogens with zero attached hydrogens (tertiary/aromatic N) is 1. The number of hydrogen-bond acceptors (Lipinski definition) is 4. The van der Waals surface area contributed by atoms with Crippen molar-refractivity contribution in [3.05, 3.63) is 0 Å². The maximum Gasteiger partial charge on any atom is 0.237 e. The Balaban J connectivity index is 2.28. The number of β-amino-alcohol motifs (C(OH)–C–C–N with tert-alkyl or cyclic N) is 1. The molecule has 0 spiro atoms. The van der Waals surface area contributed by atoms with Crippen LogP contribution in [0.25, 0.3) is 0 Å². The number of nitrogens with one attached hydrogen (secondary N) is 1. The van der Waals surface area contributed by atoms with E-state index in [2.05, 4.69) is 10.3 Å². The zero-order valence-corrected chi connectivity index (χ0v) is 7.86. The van der Waals surface area contributed by atoms with Gasteiger partial charge in [0, 0.05) is 25.6 Å². The monoisotopic (exact) mass is 187 g/mol. The lowest BCUT2D eigenvalue weighted by atomic mass is 10.1. The molecule has 0 aliphatic carbocycles. The van der Waals surface area contributed by atoms with Crippen molar-refractivity contribution in [2.75, 3.05) is 19.6 Å². The average molecular weight is 187 g/mol. The van der Waals surface area contributed by atoms with Gasteiger partial charge in [-0.2, -0.15) is 0 Å². The number of aliphatic hydroxyl groups is 1. The van der Waals surface area contributed by atoms with Crippen molar-refractivity contribution in [3.63, 3.8) is 0 Å². The molecule has 1 aliphatic heterocycles. The van der Waals surface area contributed by atoms with E-state index in [-0.39, 0.29) is 17.9 Å². The van der Waals surface area contributed by atoms with Gasteiger partial charge in [-0.05, 0) is 6.42 Å². The van der Waals surface area contributed by atoms with Crippen molar-refractivity contribution in [3.8, 4) is 0 Å². The van der Waals surface area contributed by atoms with Gasteiger partial charge in [0.2, 0.25) is 5.91 Å². The lowest BCUT2D eigenvalue weighted by Gasteiger charge is -2.18. The Morgan fingerprint density at radius 2 is 2.54 bits per heavy atom. The predicted octanol–water partition coefficient (Wildman–Crippen LogP) is -1.32.